The molecule has 1 saturated carbocycles. The largest absolute Gasteiger partial charge is 0.395 e. The second kappa shape index (κ2) is 3.58. The Morgan fingerprint density at radius 3 is 2.83 bits per heavy atom. The van der Waals surface area contributed by atoms with E-state index in [0.717, 1.165) is 30.8 Å². The van der Waals surface area contributed by atoms with Crippen LogP contribution in [0, 0.1) is 17.8 Å². The van der Waals surface area contributed by atoms with Crippen LogP contribution < -0.4 is 5.32 Å². The Bertz CT molecular complexity index is 179. The molecule has 2 N–H and O–H groups in total. The Morgan fingerprint density at radius 2 is 2.25 bits per heavy atom. The number of hydrogen-bond acceptors (Lipinski definition) is 2. The normalized spacial score (nSPS) is 37.9. The molecule has 0 spiro atoms. The van der Waals surface area contributed by atoms with E-state index in [0.29, 0.717) is 0 Å². The summed E-state index contributed by atoms with van der Waals surface area (Å²) in [6.07, 6.45) is 7.48. The summed E-state index contributed by atoms with van der Waals surface area (Å²) in [5, 5.41) is 11.9. The minimum atomic E-state index is 0.261. The third-order valence-corrected chi connectivity index (χ3v) is 3.11. The molecule has 0 aliphatic heterocycles. The summed E-state index contributed by atoms with van der Waals surface area (Å²) in [6.45, 7) is 2.10. The maximum atomic E-state index is 8.60. The fourth-order valence-corrected chi connectivity index (χ4v) is 2.50. The number of aliphatic hydroxyl groups is 1. The summed E-state index contributed by atoms with van der Waals surface area (Å²) in [6, 6.07) is 0. The van der Waals surface area contributed by atoms with Gasteiger partial charge in [0.25, 0.3) is 0 Å². The number of fused-ring (bicyclic) bond motifs is 2. The van der Waals surface area contributed by atoms with Gasteiger partial charge in [-0.15, -0.1) is 0 Å². The molecule has 2 nitrogen and oxygen atoms in total. The predicted molar refractivity (Wildman–Crippen MR) is 48.8 cm³/mol. The molecule has 2 rings (SSSR count). The minimum absolute atomic E-state index is 0.261. The molecule has 0 amide bonds. The molecule has 0 aromatic carbocycles. The van der Waals surface area contributed by atoms with Gasteiger partial charge in [0.2, 0.25) is 0 Å². The third-order valence-electron chi connectivity index (χ3n) is 3.11. The quantitative estimate of drug-likeness (QED) is 0.479. The van der Waals surface area contributed by atoms with E-state index < -0.39 is 0 Å². The minimum Gasteiger partial charge on any atom is -0.395 e. The molecular formula is C10H17NO. The van der Waals surface area contributed by atoms with Gasteiger partial charge in [-0.1, -0.05) is 12.2 Å². The molecule has 0 aromatic rings. The first kappa shape index (κ1) is 8.27. The van der Waals surface area contributed by atoms with Crippen molar-refractivity contribution in [2.24, 2.45) is 17.8 Å². The molecule has 0 saturated heterocycles. The highest BCUT2D eigenvalue weighted by Gasteiger charge is 2.34. The van der Waals surface area contributed by atoms with Crippen molar-refractivity contribution in [2.45, 2.75) is 12.8 Å². The SMILES string of the molecule is OCCNC[C@@H]1C[C@@H]2C=C[C@H]1C2. The summed E-state index contributed by atoms with van der Waals surface area (Å²) in [7, 11) is 0. The van der Waals surface area contributed by atoms with Gasteiger partial charge in [-0.25, -0.2) is 0 Å². The molecular weight excluding hydrogens is 150 g/mol. The number of nitrogens with one attached hydrogen (secondary N) is 1. The van der Waals surface area contributed by atoms with Crippen molar-refractivity contribution in [3.8, 4) is 0 Å². The van der Waals surface area contributed by atoms with Crippen LogP contribution in [0.25, 0.3) is 0 Å². The Kier molecular flexibility index (Phi) is 2.47. The van der Waals surface area contributed by atoms with Crippen molar-refractivity contribution in [3.63, 3.8) is 0 Å². The third kappa shape index (κ3) is 1.54. The fourth-order valence-electron chi connectivity index (χ4n) is 2.50. The number of allylic oxidation sites excluding steroid dienone is 2. The first-order valence-electron chi connectivity index (χ1n) is 4.90. The lowest BCUT2D eigenvalue weighted by atomic mass is 9.94. The smallest absolute Gasteiger partial charge is 0.0555 e. The lowest BCUT2D eigenvalue weighted by Crippen LogP contribution is -2.27. The lowest BCUT2D eigenvalue weighted by molar-refractivity contribution is 0.284. The average Bonchev–Trinajstić information content (AvgIpc) is 2.65. The van der Waals surface area contributed by atoms with Crippen LogP contribution in [0.3, 0.4) is 0 Å². The summed E-state index contributed by atoms with van der Waals surface area (Å²) in [5.74, 6) is 2.55. The van der Waals surface area contributed by atoms with Crippen LogP contribution in [-0.2, 0) is 0 Å². The summed E-state index contributed by atoms with van der Waals surface area (Å²) < 4.78 is 0. The van der Waals surface area contributed by atoms with Gasteiger partial charge in [0.1, 0.15) is 0 Å². The van der Waals surface area contributed by atoms with Crippen LogP contribution in [0.4, 0.5) is 0 Å². The standard InChI is InChI=1S/C10H17NO/c12-4-3-11-7-10-6-8-1-2-9(10)5-8/h1-2,8-12H,3-7H2/t8-,9+,10+/m1/s1. The highest BCUT2D eigenvalue weighted by molar-refractivity contribution is 5.10. The zero-order valence-electron chi connectivity index (χ0n) is 7.37. The lowest BCUT2D eigenvalue weighted by Gasteiger charge is -2.17. The van der Waals surface area contributed by atoms with E-state index in [2.05, 4.69) is 17.5 Å². The Labute approximate surface area is 73.7 Å². The van der Waals surface area contributed by atoms with Gasteiger partial charge in [0.15, 0.2) is 0 Å². The molecule has 2 aliphatic carbocycles. The Morgan fingerprint density at radius 1 is 1.33 bits per heavy atom. The van der Waals surface area contributed by atoms with E-state index in [-0.39, 0.29) is 6.61 Å². The van der Waals surface area contributed by atoms with E-state index >= 15 is 0 Å². The summed E-state index contributed by atoms with van der Waals surface area (Å²) >= 11 is 0. The van der Waals surface area contributed by atoms with Crippen LogP contribution in [0.2, 0.25) is 0 Å². The van der Waals surface area contributed by atoms with Crippen LogP contribution in [0.1, 0.15) is 12.8 Å². The Balaban J connectivity index is 1.73. The van der Waals surface area contributed by atoms with E-state index in [1.54, 1.807) is 0 Å². The zero-order valence-corrected chi connectivity index (χ0v) is 7.37. The topological polar surface area (TPSA) is 32.3 Å². The van der Waals surface area contributed by atoms with Gasteiger partial charge in [-0.05, 0) is 37.1 Å². The first-order chi connectivity index (χ1) is 5.90. The van der Waals surface area contributed by atoms with Gasteiger partial charge >= 0.3 is 0 Å². The molecule has 0 heterocycles. The maximum absolute atomic E-state index is 8.60. The van der Waals surface area contributed by atoms with Crippen LogP contribution in [-0.4, -0.2) is 24.8 Å². The van der Waals surface area contributed by atoms with E-state index in [1.165, 1.54) is 12.8 Å². The van der Waals surface area contributed by atoms with Gasteiger partial charge in [0, 0.05) is 6.54 Å². The molecule has 0 unspecified atom stereocenters. The summed E-state index contributed by atoms with van der Waals surface area (Å²) in [4.78, 5) is 0. The summed E-state index contributed by atoms with van der Waals surface area (Å²) in [5.41, 5.74) is 0. The molecule has 2 bridgehead atoms. The van der Waals surface area contributed by atoms with Crippen molar-refractivity contribution in [2.75, 3.05) is 19.7 Å². The van der Waals surface area contributed by atoms with E-state index in [4.69, 9.17) is 5.11 Å². The van der Waals surface area contributed by atoms with Crippen LogP contribution in [0.5, 0.6) is 0 Å². The monoisotopic (exact) mass is 167 g/mol. The number of hydrogen-bond donors (Lipinski definition) is 2. The molecule has 0 radical (unpaired) electrons. The number of rotatable bonds is 4. The van der Waals surface area contributed by atoms with Gasteiger partial charge in [0.05, 0.1) is 6.61 Å². The van der Waals surface area contributed by atoms with Gasteiger partial charge < -0.3 is 10.4 Å². The van der Waals surface area contributed by atoms with Crippen molar-refractivity contribution < 1.29 is 5.11 Å². The van der Waals surface area contributed by atoms with E-state index in [9.17, 15) is 0 Å². The molecule has 68 valence electrons. The predicted octanol–water partition coefficient (Wildman–Crippen LogP) is 0.780. The number of aliphatic hydroxyl groups excluding tert-OH is 1. The first-order valence-corrected chi connectivity index (χ1v) is 4.90. The highest BCUT2D eigenvalue weighted by Crippen LogP contribution is 2.42. The van der Waals surface area contributed by atoms with E-state index in [1.807, 2.05) is 0 Å². The van der Waals surface area contributed by atoms with Crippen LogP contribution in [0.15, 0.2) is 12.2 Å². The van der Waals surface area contributed by atoms with Crippen LogP contribution >= 0.6 is 0 Å². The van der Waals surface area contributed by atoms with Gasteiger partial charge in [-0.2, -0.15) is 0 Å². The second-order valence-electron chi connectivity index (χ2n) is 3.97. The van der Waals surface area contributed by atoms with Crippen molar-refractivity contribution >= 4 is 0 Å². The molecule has 3 atom stereocenters. The molecule has 12 heavy (non-hydrogen) atoms. The second-order valence-corrected chi connectivity index (χ2v) is 3.97. The maximum Gasteiger partial charge on any atom is 0.0555 e. The van der Waals surface area contributed by atoms with Crippen molar-refractivity contribution in [1.29, 1.82) is 0 Å². The molecule has 2 heteroatoms. The van der Waals surface area contributed by atoms with Crippen molar-refractivity contribution in [1.82, 2.24) is 5.32 Å². The van der Waals surface area contributed by atoms with Gasteiger partial charge in [-0.3, -0.25) is 0 Å². The van der Waals surface area contributed by atoms with Crippen molar-refractivity contribution in [3.05, 3.63) is 12.2 Å². The molecule has 0 aromatic heterocycles. The highest BCUT2D eigenvalue weighted by atomic mass is 16.3. The molecule has 1 fully saturated rings. The zero-order chi connectivity index (χ0) is 8.39. The fraction of sp³-hybridized carbons (Fsp3) is 0.800. The molecule has 2 aliphatic rings. The average molecular weight is 167 g/mol. The Hall–Kier alpha value is -0.340.